The van der Waals surface area contributed by atoms with Gasteiger partial charge in [0.05, 0.1) is 24.4 Å². The molecule has 0 amide bonds. The number of methoxy groups -OCH3 is 1. The SMILES string of the molecule is COC(=O)c1cncc(NCc2cccc([N+](=O)[O-])c2)n1. The fourth-order valence-corrected chi connectivity index (χ4v) is 1.63. The Morgan fingerprint density at radius 3 is 2.95 bits per heavy atom. The molecule has 8 heteroatoms. The van der Waals surface area contributed by atoms with Crippen LogP contribution in [0.1, 0.15) is 16.1 Å². The molecule has 0 bridgehead atoms. The summed E-state index contributed by atoms with van der Waals surface area (Å²) in [4.78, 5) is 29.5. The summed E-state index contributed by atoms with van der Waals surface area (Å²) in [7, 11) is 1.26. The summed E-state index contributed by atoms with van der Waals surface area (Å²) in [5.41, 5.74) is 0.819. The minimum Gasteiger partial charge on any atom is -0.464 e. The normalized spacial score (nSPS) is 9.95. The van der Waals surface area contributed by atoms with E-state index < -0.39 is 10.9 Å². The molecular formula is C13H12N4O4. The molecule has 2 aromatic rings. The molecule has 8 nitrogen and oxygen atoms in total. The van der Waals surface area contributed by atoms with E-state index in [1.807, 2.05) is 0 Å². The summed E-state index contributed by atoms with van der Waals surface area (Å²) in [6.45, 7) is 0.320. The van der Waals surface area contributed by atoms with E-state index in [1.54, 1.807) is 12.1 Å². The summed E-state index contributed by atoms with van der Waals surface area (Å²) in [5, 5.41) is 13.6. The van der Waals surface area contributed by atoms with Crippen molar-refractivity contribution in [3.8, 4) is 0 Å². The van der Waals surface area contributed by atoms with E-state index in [-0.39, 0.29) is 11.4 Å². The number of benzene rings is 1. The van der Waals surface area contributed by atoms with Gasteiger partial charge in [0.2, 0.25) is 0 Å². The third-order valence-corrected chi connectivity index (χ3v) is 2.62. The van der Waals surface area contributed by atoms with Crippen molar-refractivity contribution in [3.63, 3.8) is 0 Å². The van der Waals surface area contributed by atoms with Gasteiger partial charge in [-0.05, 0) is 5.56 Å². The molecule has 0 saturated carbocycles. The molecule has 0 aliphatic rings. The summed E-state index contributed by atoms with van der Waals surface area (Å²) in [5.74, 6) is -0.203. The Balaban J connectivity index is 2.08. The van der Waals surface area contributed by atoms with E-state index in [2.05, 4.69) is 20.0 Å². The number of carbonyl (C=O) groups is 1. The van der Waals surface area contributed by atoms with Crippen molar-refractivity contribution >= 4 is 17.5 Å². The molecule has 1 N–H and O–H groups in total. The van der Waals surface area contributed by atoms with Crippen LogP contribution in [0, 0.1) is 10.1 Å². The number of non-ortho nitro benzene ring substituents is 1. The molecule has 0 aliphatic carbocycles. The van der Waals surface area contributed by atoms with E-state index in [9.17, 15) is 14.9 Å². The van der Waals surface area contributed by atoms with Crippen molar-refractivity contribution in [2.24, 2.45) is 0 Å². The van der Waals surface area contributed by atoms with Crippen molar-refractivity contribution < 1.29 is 14.5 Å². The highest BCUT2D eigenvalue weighted by Crippen LogP contribution is 2.14. The molecule has 0 unspecified atom stereocenters. The Kier molecular flexibility index (Phi) is 4.39. The summed E-state index contributed by atoms with van der Waals surface area (Å²) < 4.78 is 4.55. The third-order valence-electron chi connectivity index (χ3n) is 2.62. The van der Waals surface area contributed by atoms with Crippen LogP contribution in [-0.2, 0) is 11.3 Å². The quantitative estimate of drug-likeness (QED) is 0.507. The number of anilines is 1. The van der Waals surface area contributed by atoms with E-state index in [0.29, 0.717) is 12.4 Å². The lowest BCUT2D eigenvalue weighted by atomic mass is 10.2. The highest BCUT2D eigenvalue weighted by Gasteiger charge is 2.09. The molecule has 0 fully saturated rings. The Labute approximate surface area is 120 Å². The average Bonchev–Trinajstić information content (AvgIpc) is 2.52. The highest BCUT2D eigenvalue weighted by molar-refractivity contribution is 5.87. The molecule has 0 aliphatic heterocycles. The van der Waals surface area contributed by atoms with Gasteiger partial charge < -0.3 is 10.1 Å². The van der Waals surface area contributed by atoms with Gasteiger partial charge in [-0.3, -0.25) is 15.1 Å². The van der Waals surface area contributed by atoms with Crippen LogP contribution in [0.4, 0.5) is 11.5 Å². The number of nitrogens with one attached hydrogen (secondary N) is 1. The van der Waals surface area contributed by atoms with Crippen LogP contribution in [0.5, 0.6) is 0 Å². The molecule has 1 aromatic heterocycles. The number of nitrogens with zero attached hydrogens (tertiary/aromatic N) is 3. The molecule has 108 valence electrons. The maximum atomic E-state index is 11.3. The number of hydrogen-bond donors (Lipinski definition) is 1. The number of esters is 1. The summed E-state index contributed by atoms with van der Waals surface area (Å²) in [6, 6.07) is 6.23. The first kappa shape index (κ1) is 14.4. The van der Waals surface area contributed by atoms with Crippen molar-refractivity contribution in [1.29, 1.82) is 0 Å². The van der Waals surface area contributed by atoms with Gasteiger partial charge in [-0.2, -0.15) is 0 Å². The second kappa shape index (κ2) is 6.42. The average molecular weight is 288 g/mol. The van der Waals surface area contributed by atoms with Gasteiger partial charge in [-0.1, -0.05) is 12.1 Å². The second-order valence-corrected chi connectivity index (χ2v) is 4.06. The van der Waals surface area contributed by atoms with Gasteiger partial charge in [0.15, 0.2) is 5.69 Å². The number of rotatable bonds is 5. The van der Waals surface area contributed by atoms with Crippen molar-refractivity contribution in [1.82, 2.24) is 9.97 Å². The van der Waals surface area contributed by atoms with Crippen molar-refractivity contribution in [3.05, 3.63) is 58.0 Å². The van der Waals surface area contributed by atoms with Crippen LogP contribution in [0.3, 0.4) is 0 Å². The fourth-order valence-electron chi connectivity index (χ4n) is 1.63. The maximum absolute atomic E-state index is 11.3. The molecule has 21 heavy (non-hydrogen) atoms. The zero-order valence-corrected chi connectivity index (χ0v) is 11.1. The zero-order chi connectivity index (χ0) is 15.2. The summed E-state index contributed by atoms with van der Waals surface area (Å²) in [6.07, 6.45) is 2.74. The number of carbonyl (C=O) groups excluding carboxylic acids is 1. The van der Waals surface area contributed by atoms with E-state index >= 15 is 0 Å². The monoisotopic (exact) mass is 288 g/mol. The number of aromatic nitrogens is 2. The predicted molar refractivity (Wildman–Crippen MR) is 73.8 cm³/mol. The first-order valence-electron chi connectivity index (χ1n) is 5.97. The standard InChI is InChI=1S/C13H12N4O4/c1-21-13(18)11-7-14-8-12(16-11)15-6-9-3-2-4-10(5-9)17(19)20/h2-5,7-8H,6H2,1H3,(H,15,16). The molecular weight excluding hydrogens is 276 g/mol. The van der Waals surface area contributed by atoms with Gasteiger partial charge in [0.1, 0.15) is 5.82 Å². The largest absolute Gasteiger partial charge is 0.464 e. The second-order valence-electron chi connectivity index (χ2n) is 4.06. The van der Waals surface area contributed by atoms with Crippen LogP contribution in [0.25, 0.3) is 0 Å². The van der Waals surface area contributed by atoms with Gasteiger partial charge in [-0.15, -0.1) is 0 Å². The van der Waals surface area contributed by atoms with Crippen LogP contribution in [0.2, 0.25) is 0 Å². The van der Waals surface area contributed by atoms with Crippen LogP contribution in [0.15, 0.2) is 36.7 Å². The molecule has 0 radical (unpaired) electrons. The van der Waals surface area contributed by atoms with E-state index in [4.69, 9.17) is 0 Å². The van der Waals surface area contributed by atoms with E-state index in [1.165, 1.54) is 31.6 Å². The Hall–Kier alpha value is -3.03. The maximum Gasteiger partial charge on any atom is 0.358 e. The first-order valence-corrected chi connectivity index (χ1v) is 5.97. The van der Waals surface area contributed by atoms with Crippen LogP contribution < -0.4 is 5.32 Å². The topological polar surface area (TPSA) is 107 Å². The lowest BCUT2D eigenvalue weighted by Gasteiger charge is -2.06. The number of hydrogen-bond acceptors (Lipinski definition) is 7. The van der Waals surface area contributed by atoms with Crippen molar-refractivity contribution in [2.75, 3.05) is 12.4 Å². The lowest BCUT2D eigenvalue weighted by Crippen LogP contribution is -2.08. The fraction of sp³-hybridized carbons (Fsp3) is 0.154. The molecule has 2 rings (SSSR count). The van der Waals surface area contributed by atoms with Crippen LogP contribution in [-0.4, -0.2) is 28.0 Å². The zero-order valence-electron chi connectivity index (χ0n) is 11.1. The van der Waals surface area contributed by atoms with E-state index in [0.717, 1.165) is 5.56 Å². The van der Waals surface area contributed by atoms with Crippen LogP contribution >= 0.6 is 0 Å². The molecule has 0 atom stereocenters. The minimum absolute atomic E-state index is 0.0173. The van der Waals surface area contributed by atoms with Gasteiger partial charge in [0.25, 0.3) is 5.69 Å². The van der Waals surface area contributed by atoms with Gasteiger partial charge in [0, 0.05) is 18.7 Å². The Morgan fingerprint density at radius 2 is 2.24 bits per heavy atom. The first-order chi connectivity index (χ1) is 10.1. The number of nitro benzene ring substituents is 1. The Bertz CT molecular complexity index is 675. The smallest absolute Gasteiger partial charge is 0.358 e. The lowest BCUT2D eigenvalue weighted by molar-refractivity contribution is -0.384. The molecule has 0 spiro atoms. The highest BCUT2D eigenvalue weighted by atomic mass is 16.6. The van der Waals surface area contributed by atoms with Gasteiger partial charge >= 0.3 is 5.97 Å². The predicted octanol–water partition coefficient (Wildman–Crippen LogP) is 1.78. The molecule has 0 saturated heterocycles. The minimum atomic E-state index is -0.582. The Morgan fingerprint density at radius 1 is 1.43 bits per heavy atom. The number of ether oxygens (including phenoxy) is 1. The summed E-state index contributed by atoms with van der Waals surface area (Å²) >= 11 is 0. The molecule has 1 heterocycles. The van der Waals surface area contributed by atoms with Gasteiger partial charge in [-0.25, -0.2) is 9.78 Å². The third kappa shape index (κ3) is 3.72. The molecule has 1 aromatic carbocycles. The number of nitro groups is 1. The van der Waals surface area contributed by atoms with Crippen molar-refractivity contribution in [2.45, 2.75) is 6.54 Å².